The first kappa shape index (κ1) is 24.4. The van der Waals surface area contributed by atoms with Crippen molar-refractivity contribution in [2.24, 2.45) is 0 Å². The van der Waals surface area contributed by atoms with Gasteiger partial charge in [0.2, 0.25) is 10.0 Å². The number of carboxylic acid groups (broad SMARTS) is 1. The molecule has 0 bridgehead atoms. The summed E-state index contributed by atoms with van der Waals surface area (Å²) in [6.45, 7) is 3.85. The predicted octanol–water partition coefficient (Wildman–Crippen LogP) is 3.85. The van der Waals surface area contributed by atoms with E-state index in [0.717, 1.165) is 11.1 Å². The number of nitrogens with zero attached hydrogens (tertiary/aromatic N) is 1. The van der Waals surface area contributed by atoms with Crippen molar-refractivity contribution in [3.8, 4) is 11.5 Å². The number of carboxylic acids is 1. The second-order valence-electron chi connectivity index (χ2n) is 7.10. The number of ether oxygens (including phenoxy) is 2. The average molecular weight is 448 g/mol. The fraction of sp³-hybridized carbons (Fsp3) is 0.348. The fourth-order valence-electron chi connectivity index (χ4n) is 3.17. The summed E-state index contributed by atoms with van der Waals surface area (Å²) >= 11 is 0. The Morgan fingerprint density at radius 3 is 1.81 bits per heavy atom. The molecule has 0 saturated heterocycles. The molecule has 1 atom stereocenters. The van der Waals surface area contributed by atoms with Crippen molar-refractivity contribution in [2.75, 3.05) is 14.2 Å². The van der Waals surface area contributed by atoms with E-state index < -0.39 is 27.7 Å². The van der Waals surface area contributed by atoms with E-state index in [1.807, 2.05) is 0 Å². The molecule has 0 aliphatic carbocycles. The monoisotopic (exact) mass is 447 g/mol. The van der Waals surface area contributed by atoms with Crippen molar-refractivity contribution in [3.05, 3.63) is 72.3 Å². The molecule has 1 N–H and O–H groups in total. The zero-order valence-corrected chi connectivity index (χ0v) is 18.7. The van der Waals surface area contributed by atoms with Crippen LogP contribution in [0.1, 0.15) is 30.4 Å². The molecule has 0 amide bonds. The highest BCUT2D eigenvalue weighted by Crippen LogP contribution is 2.24. The van der Waals surface area contributed by atoms with Gasteiger partial charge in [-0.25, -0.2) is 8.42 Å². The Balaban J connectivity index is 2.38. The lowest BCUT2D eigenvalue weighted by Gasteiger charge is -2.27. The number of rotatable bonds is 13. The minimum Gasteiger partial charge on any atom is -0.497 e. The van der Waals surface area contributed by atoms with Gasteiger partial charge in [0.15, 0.2) is 0 Å². The van der Waals surface area contributed by atoms with Gasteiger partial charge in [-0.05, 0) is 48.2 Å². The van der Waals surface area contributed by atoms with Gasteiger partial charge >= 0.3 is 5.97 Å². The van der Waals surface area contributed by atoms with Gasteiger partial charge in [-0.3, -0.25) is 4.79 Å². The van der Waals surface area contributed by atoms with Crippen LogP contribution in [-0.4, -0.2) is 43.3 Å². The van der Waals surface area contributed by atoms with Crippen molar-refractivity contribution in [2.45, 2.75) is 37.6 Å². The lowest BCUT2D eigenvalue weighted by atomic mass is 10.2. The molecule has 2 aromatic rings. The van der Waals surface area contributed by atoms with Crippen molar-refractivity contribution < 1.29 is 27.8 Å². The van der Waals surface area contributed by atoms with E-state index in [-0.39, 0.29) is 19.5 Å². The van der Waals surface area contributed by atoms with Gasteiger partial charge in [0.05, 0.1) is 25.9 Å². The minimum absolute atomic E-state index is 0.114. The smallest absolute Gasteiger partial charge is 0.304 e. The van der Waals surface area contributed by atoms with Crippen LogP contribution in [0.4, 0.5) is 0 Å². The number of carbonyl (C=O) groups is 1. The number of benzene rings is 2. The SMILES string of the molecule is C=CCC[C@@H](CC(=O)O)S(=O)(=O)N(Cc1ccc(OC)cc1)Cc1ccc(OC)cc1. The summed E-state index contributed by atoms with van der Waals surface area (Å²) in [5, 5.41) is 8.24. The van der Waals surface area contributed by atoms with Crippen molar-refractivity contribution in [1.29, 1.82) is 0 Å². The van der Waals surface area contributed by atoms with Crippen LogP contribution >= 0.6 is 0 Å². The van der Waals surface area contributed by atoms with Crippen LogP contribution in [0.25, 0.3) is 0 Å². The van der Waals surface area contributed by atoms with E-state index in [1.54, 1.807) is 68.8 Å². The third-order valence-corrected chi connectivity index (χ3v) is 7.13. The van der Waals surface area contributed by atoms with E-state index >= 15 is 0 Å². The zero-order valence-electron chi connectivity index (χ0n) is 17.9. The molecule has 2 rings (SSSR count). The van der Waals surface area contributed by atoms with Crippen LogP contribution < -0.4 is 9.47 Å². The lowest BCUT2D eigenvalue weighted by molar-refractivity contribution is -0.137. The Morgan fingerprint density at radius 2 is 1.45 bits per heavy atom. The zero-order chi connectivity index (χ0) is 22.9. The molecule has 0 unspecified atom stereocenters. The second kappa shape index (κ2) is 11.5. The highest BCUT2D eigenvalue weighted by Gasteiger charge is 2.33. The Kier molecular flexibility index (Phi) is 9.08. The van der Waals surface area contributed by atoms with Gasteiger partial charge in [-0.15, -0.1) is 6.58 Å². The predicted molar refractivity (Wildman–Crippen MR) is 120 cm³/mol. The van der Waals surface area contributed by atoms with Gasteiger partial charge < -0.3 is 14.6 Å². The summed E-state index contributed by atoms with van der Waals surface area (Å²) in [7, 11) is -0.794. The molecule has 0 radical (unpaired) electrons. The maximum atomic E-state index is 13.5. The molecule has 168 valence electrons. The Hall–Kier alpha value is -2.84. The molecular weight excluding hydrogens is 418 g/mol. The van der Waals surface area contributed by atoms with E-state index in [0.29, 0.717) is 17.9 Å². The highest BCUT2D eigenvalue weighted by atomic mass is 32.2. The molecule has 0 aliphatic rings. The summed E-state index contributed by atoms with van der Waals surface area (Å²) in [5.41, 5.74) is 1.55. The molecule has 0 fully saturated rings. The lowest BCUT2D eigenvalue weighted by Crippen LogP contribution is -2.39. The molecule has 2 aromatic carbocycles. The number of hydrogen-bond acceptors (Lipinski definition) is 5. The third-order valence-electron chi connectivity index (χ3n) is 4.91. The van der Waals surface area contributed by atoms with Crippen LogP contribution in [0.15, 0.2) is 61.2 Å². The molecule has 0 aromatic heterocycles. The van der Waals surface area contributed by atoms with E-state index in [1.165, 1.54) is 4.31 Å². The number of allylic oxidation sites excluding steroid dienone is 1. The second-order valence-corrected chi connectivity index (χ2v) is 9.31. The summed E-state index contributed by atoms with van der Waals surface area (Å²) in [6.07, 6.45) is 1.75. The average Bonchev–Trinajstić information content (AvgIpc) is 2.76. The summed E-state index contributed by atoms with van der Waals surface area (Å²) in [4.78, 5) is 11.4. The van der Waals surface area contributed by atoms with Gasteiger partial charge in [-0.1, -0.05) is 30.3 Å². The quantitative estimate of drug-likeness (QED) is 0.469. The first-order valence-electron chi connectivity index (χ1n) is 9.87. The van der Waals surface area contributed by atoms with Crippen molar-refractivity contribution in [3.63, 3.8) is 0 Å². The van der Waals surface area contributed by atoms with Crippen LogP contribution in [0.3, 0.4) is 0 Å². The summed E-state index contributed by atoms with van der Waals surface area (Å²) < 4.78 is 38.7. The van der Waals surface area contributed by atoms with Gasteiger partial charge in [0, 0.05) is 13.1 Å². The number of methoxy groups -OCH3 is 2. The Morgan fingerprint density at radius 1 is 1.00 bits per heavy atom. The highest BCUT2D eigenvalue weighted by molar-refractivity contribution is 7.89. The number of hydrogen-bond donors (Lipinski definition) is 1. The van der Waals surface area contributed by atoms with Crippen LogP contribution in [0, 0.1) is 0 Å². The van der Waals surface area contributed by atoms with E-state index in [4.69, 9.17) is 9.47 Å². The van der Waals surface area contributed by atoms with Crippen LogP contribution in [0.2, 0.25) is 0 Å². The molecule has 0 aliphatic heterocycles. The fourth-order valence-corrected chi connectivity index (χ4v) is 5.04. The molecule has 31 heavy (non-hydrogen) atoms. The molecule has 8 heteroatoms. The Labute approximate surface area is 184 Å². The van der Waals surface area contributed by atoms with Gasteiger partial charge in [0.25, 0.3) is 0 Å². The van der Waals surface area contributed by atoms with Crippen molar-refractivity contribution >= 4 is 16.0 Å². The van der Waals surface area contributed by atoms with Crippen LogP contribution in [-0.2, 0) is 27.9 Å². The number of aliphatic carboxylic acids is 1. The number of sulfonamides is 1. The summed E-state index contributed by atoms with van der Waals surface area (Å²) in [5.74, 6) is 0.192. The summed E-state index contributed by atoms with van der Waals surface area (Å²) in [6, 6.07) is 14.2. The van der Waals surface area contributed by atoms with Gasteiger partial charge in [0.1, 0.15) is 11.5 Å². The van der Waals surface area contributed by atoms with Crippen LogP contribution in [0.5, 0.6) is 11.5 Å². The van der Waals surface area contributed by atoms with Gasteiger partial charge in [-0.2, -0.15) is 4.31 Å². The molecular formula is C23H29NO6S. The largest absolute Gasteiger partial charge is 0.497 e. The maximum absolute atomic E-state index is 13.5. The van der Waals surface area contributed by atoms with E-state index in [9.17, 15) is 18.3 Å². The minimum atomic E-state index is -3.92. The molecule has 0 heterocycles. The normalized spacial score (nSPS) is 12.4. The maximum Gasteiger partial charge on any atom is 0.304 e. The first-order chi connectivity index (χ1) is 14.8. The first-order valence-corrected chi connectivity index (χ1v) is 11.4. The van der Waals surface area contributed by atoms with E-state index in [2.05, 4.69) is 6.58 Å². The van der Waals surface area contributed by atoms with Crippen molar-refractivity contribution in [1.82, 2.24) is 4.31 Å². The third kappa shape index (κ3) is 7.11. The standard InChI is InChI=1S/C23H29NO6S/c1-4-5-6-22(15-23(25)26)31(27,28)24(16-18-7-11-20(29-2)12-8-18)17-19-9-13-21(30-3)14-10-19/h4,7-14,22H,1,5-6,15-17H2,2-3H3,(H,25,26)/t22-/m0/s1. The topological polar surface area (TPSA) is 93.1 Å². The molecule has 0 saturated carbocycles. The Bertz CT molecular complexity index is 905. The molecule has 0 spiro atoms. The molecule has 7 nitrogen and oxygen atoms in total.